The molecule has 0 unspecified atom stereocenters. The van der Waals surface area contributed by atoms with Gasteiger partial charge in [0, 0.05) is 75.0 Å². The average molecular weight is 600 g/mol. The Labute approximate surface area is 248 Å². The molecule has 0 aliphatic carbocycles. The van der Waals surface area contributed by atoms with Gasteiger partial charge < -0.3 is 39.6 Å². The Kier molecular flexibility index (Phi) is 12.7. The number of nitrogens with one attached hydrogen (secondary N) is 3. The van der Waals surface area contributed by atoms with Gasteiger partial charge in [0.25, 0.3) is 0 Å². The molecule has 0 saturated carbocycles. The number of nitrogens with zero attached hydrogens (tertiary/aromatic N) is 2. The summed E-state index contributed by atoms with van der Waals surface area (Å²) >= 11 is 0. The topological polar surface area (TPSA) is 125 Å². The van der Waals surface area contributed by atoms with Crippen molar-refractivity contribution in [3.63, 3.8) is 0 Å². The molecule has 0 amide bonds. The molecule has 230 valence electrons. The van der Waals surface area contributed by atoms with E-state index in [0.717, 1.165) is 12.1 Å². The highest BCUT2D eigenvalue weighted by Crippen LogP contribution is 2.38. The lowest BCUT2D eigenvalue weighted by Gasteiger charge is -2.14. The number of benzene rings is 2. The average Bonchev–Trinajstić information content (AvgIpc) is 3.02. The molecule has 11 nitrogen and oxygen atoms in total. The lowest BCUT2D eigenvalue weighted by Crippen LogP contribution is -2.16. The van der Waals surface area contributed by atoms with Gasteiger partial charge >= 0.3 is 0 Å². The molecule has 4 aromatic rings. The summed E-state index contributed by atoms with van der Waals surface area (Å²) in [4.78, 5) is 18.9. The second-order valence-corrected chi connectivity index (χ2v) is 8.75. The SMILES string of the molecule is CNCCOc1cc2nccc(Oc3c(F)cc(NC)cc3F)c2cc1OC.COCCNc1cc(OC)c(C=O)cn1. The molecular weight excluding hydrogens is 564 g/mol. The van der Waals surface area contributed by atoms with Crippen molar-refractivity contribution in [3.8, 4) is 28.7 Å². The molecular formula is C30H35F2N5O6. The minimum absolute atomic E-state index is 0.250. The molecule has 0 aliphatic heterocycles. The predicted octanol–water partition coefficient (Wildman–Crippen LogP) is 4.91. The van der Waals surface area contributed by atoms with Crippen molar-refractivity contribution in [3.05, 3.63) is 66.0 Å². The molecule has 0 radical (unpaired) electrons. The molecule has 43 heavy (non-hydrogen) atoms. The summed E-state index contributed by atoms with van der Waals surface area (Å²) in [6.45, 7) is 2.37. The maximum atomic E-state index is 14.3. The minimum Gasteiger partial charge on any atom is -0.496 e. The molecule has 0 spiro atoms. The first-order valence-corrected chi connectivity index (χ1v) is 13.2. The number of rotatable bonds is 14. The fourth-order valence-corrected chi connectivity index (χ4v) is 3.76. The Bertz CT molecular complexity index is 1480. The summed E-state index contributed by atoms with van der Waals surface area (Å²) in [5.41, 5.74) is 1.30. The number of carbonyl (C=O) groups excluding carboxylic acids is 1. The zero-order valence-electron chi connectivity index (χ0n) is 24.6. The number of likely N-dealkylation sites (N-methyl/N-ethyl adjacent to an activating group) is 1. The highest BCUT2D eigenvalue weighted by Gasteiger charge is 2.17. The Morgan fingerprint density at radius 3 is 2.23 bits per heavy atom. The quantitative estimate of drug-likeness (QED) is 0.135. The summed E-state index contributed by atoms with van der Waals surface area (Å²) in [5, 5.41) is 9.26. The van der Waals surface area contributed by atoms with E-state index >= 15 is 0 Å². The number of pyridine rings is 2. The molecule has 4 rings (SSSR count). The standard InChI is InChI=1S/C20H21F2N3O3.C10H14N2O3/c1-23-6-7-27-19-11-16-13(10-18(19)26-3)17(4-5-25-16)28-20-14(21)8-12(24-2)9-15(20)22;1-14-4-3-11-10-5-9(15-2)8(7-13)6-12-10/h4-5,8-11,23-24H,6-7H2,1-3H3;5-7H,3-4H2,1-2H3,(H,11,12). The van der Waals surface area contributed by atoms with Crippen molar-refractivity contribution in [2.45, 2.75) is 0 Å². The van der Waals surface area contributed by atoms with Gasteiger partial charge in [0.2, 0.25) is 0 Å². The molecule has 0 saturated heterocycles. The van der Waals surface area contributed by atoms with Crippen molar-refractivity contribution < 1.29 is 37.3 Å². The van der Waals surface area contributed by atoms with Crippen LogP contribution >= 0.6 is 0 Å². The van der Waals surface area contributed by atoms with Crippen LogP contribution in [0.25, 0.3) is 10.9 Å². The smallest absolute Gasteiger partial charge is 0.198 e. The Morgan fingerprint density at radius 2 is 1.60 bits per heavy atom. The van der Waals surface area contributed by atoms with Crippen LogP contribution in [0.5, 0.6) is 28.7 Å². The third-order valence-electron chi connectivity index (χ3n) is 5.95. The molecule has 3 N–H and O–H groups in total. The number of anilines is 2. The number of hydrogen-bond acceptors (Lipinski definition) is 11. The van der Waals surface area contributed by atoms with E-state index in [-0.39, 0.29) is 5.75 Å². The summed E-state index contributed by atoms with van der Waals surface area (Å²) in [6, 6.07) is 8.91. The first-order chi connectivity index (χ1) is 20.9. The third-order valence-corrected chi connectivity index (χ3v) is 5.95. The summed E-state index contributed by atoms with van der Waals surface area (Å²) < 4.78 is 55.2. The second-order valence-electron chi connectivity index (χ2n) is 8.75. The maximum Gasteiger partial charge on any atom is 0.198 e. The van der Waals surface area contributed by atoms with Crippen LogP contribution in [-0.4, -0.2) is 78.0 Å². The van der Waals surface area contributed by atoms with Crippen LogP contribution in [-0.2, 0) is 4.74 Å². The normalized spacial score (nSPS) is 10.4. The van der Waals surface area contributed by atoms with E-state index in [1.807, 2.05) is 7.05 Å². The number of carbonyl (C=O) groups is 1. The van der Waals surface area contributed by atoms with E-state index < -0.39 is 17.4 Å². The molecule has 0 aliphatic rings. The fraction of sp³-hybridized carbons (Fsp3) is 0.300. The molecule has 2 heterocycles. The van der Waals surface area contributed by atoms with Crippen LogP contribution in [0, 0.1) is 11.6 Å². The highest BCUT2D eigenvalue weighted by molar-refractivity contribution is 5.88. The monoisotopic (exact) mass is 599 g/mol. The molecule has 0 fully saturated rings. The van der Waals surface area contributed by atoms with Crippen LogP contribution in [0.1, 0.15) is 10.4 Å². The first kappa shape index (κ1) is 32.8. The van der Waals surface area contributed by atoms with E-state index in [4.69, 9.17) is 23.7 Å². The van der Waals surface area contributed by atoms with Crippen LogP contribution in [0.2, 0.25) is 0 Å². The van der Waals surface area contributed by atoms with Gasteiger partial charge in [-0.25, -0.2) is 13.8 Å². The zero-order chi connectivity index (χ0) is 31.2. The molecule has 13 heteroatoms. The van der Waals surface area contributed by atoms with Crippen LogP contribution in [0.15, 0.2) is 48.8 Å². The van der Waals surface area contributed by atoms with Crippen molar-refractivity contribution >= 4 is 28.7 Å². The number of fused-ring (bicyclic) bond motifs is 1. The fourth-order valence-electron chi connectivity index (χ4n) is 3.76. The van der Waals surface area contributed by atoms with Crippen molar-refractivity contribution in [2.24, 2.45) is 0 Å². The minimum atomic E-state index is -0.812. The van der Waals surface area contributed by atoms with Gasteiger partial charge in [0.1, 0.15) is 23.9 Å². The molecule has 2 aromatic heterocycles. The van der Waals surface area contributed by atoms with Crippen LogP contribution in [0.3, 0.4) is 0 Å². The summed E-state index contributed by atoms with van der Waals surface area (Å²) in [5.74, 6) is 0.300. The number of aromatic nitrogens is 2. The number of ether oxygens (including phenoxy) is 5. The van der Waals surface area contributed by atoms with E-state index in [0.29, 0.717) is 77.8 Å². The Hall–Kier alpha value is -4.75. The van der Waals surface area contributed by atoms with Gasteiger partial charge in [-0.1, -0.05) is 0 Å². The van der Waals surface area contributed by atoms with Crippen LogP contribution in [0.4, 0.5) is 20.3 Å². The van der Waals surface area contributed by atoms with Crippen molar-refractivity contribution in [1.82, 2.24) is 15.3 Å². The number of halogens is 2. The number of hydrogen-bond donors (Lipinski definition) is 3. The lowest BCUT2D eigenvalue weighted by atomic mass is 10.1. The molecule has 0 bridgehead atoms. The second kappa shape index (κ2) is 16.6. The number of aldehydes is 1. The maximum absolute atomic E-state index is 14.3. The van der Waals surface area contributed by atoms with Crippen molar-refractivity contribution in [2.75, 3.05) is 72.4 Å². The largest absolute Gasteiger partial charge is 0.496 e. The van der Waals surface area contributed by atoms with Crippen LogP contribution < -0.4 is 34.9 Å². The Morgan fingerprint density at radius 1 is 0.860 bits per heavy atom. The van der Waals surface area contributed by atoms with Crippen molar-refractivity contribution in [1.29, 1.82) is 0 Å². The van der Waals surface area contributed by atoms with Gasteiger partial charge in [-0.05, 0) is 19.2 Å². The van der Waals surface area contributed by atoms with E-state index in [1.165, 1.54) is 32.7 Å². The van der Waals surface area contributed by atoms with Gasteiger partial charge in [0.05, 0.1) is 31.9 Å². The molecule has 2 aromatic carbocycles. The zero-order valence-corrected chi connectivity index (χ0v) is 24.6. The number of methoxy groups -OCH3 is 3. The van der Waals surface area contributed by atoms with Gasteiger partial charge in [-0.15, -0.1) is 0 Å². The van der Waals surface area contributed by atoms with E-state index in [1.54, 1.807) is 32.4 Å². The predicted molar refractivity (Wildman–Crippen MR) is 160 cm³/mol. The van der Waals surface area contributed by atoms with Gasteiger partial charge in [0.15, 0.2) is 35.2 Å². The van der Waals surface area contributed by atoms with Gasteiger partial charge in [-0.3, -0.25) is 9.78 Å². The first-order valence-electron chi connectivity index (χ1n) is 13.2. The molecule has 0 atom stereocenters. The lowest BCUT2D eigenvalue weighted by molar-refractivity contribution is 0.112. The summed E-state index contributed by atoms with van der Waals surface area (Å²) in [6.07, 6.45) is 3.69. The van der Waals surface area contributed by atoms with Gasteiger partial charge in [-0.2, -0.15) is 0 Å². The van der Waals surface area contributed by atoms with E-state index in [2.05, 4.69) is 25.9 Å². The summed E-state index contributed by atoms with van der Waals surface area (Å²) in [7, 11) is 8.06. The third kappa shape index (κ3) is 8.87. The highest BCUT2D eigenvalue weighted by atomic mass is 19.1. The van der Waals surface area contributed by atoms with E-state index in [9.17, 15) is 13.6 Å². The Balaban J connectivity index is 0.000000285.